The molecule has 0 aliphatic carbocycles. The molecule has 0 spiro atoms. The van der Waals surface area contributed by atoms with Gasteiger partial charge < -0.3 is 19.4 Å². The van der Waals surface area contributed by atoms with Gasteiger partial charge in [-0.15, -0.1) is 0 Å². The summed E-state index contributed by atoms with van der Waals surface area (Å²) >= 11 is 0. The zero-order valence-corrected chi connectivity index (χ0v) is 14.5. The van der Waals surface area contributed by atoms with Gasteiger partial charge in [-0.1, -0.05) is 19.0 Å². The lowest BCUT2D eigenvalue weighted by Crippen LogP contribution is -2.34. The molecule has 0 aliphatic rings. The fourth-order valence-electron chi connectivity index (χ4n) is 2.63. The Labute approximate surface area is 145 Å². The van der Waals surface area contributed by atoms with Crippen molar-refractivity contribution in [2.45, 2.75) is 27.2 Å². The van der Waals surface area contributed by atoms with Crippen LogP contribution >= 0.6 is 0 Å². The number of rotatable bonds is 6. The van der Waals surface area contributed by atoms with Crippen LogP contribution in [0, 0.1) is 12.3 Å². The highest BCUT2D eigenvalue weighted by atomic mass is 16.5. The number of carbonyl (C=O) groups excluding carboxylic acids is 1. The molecule has 2 N–H and O–H groups in total. The summed E-state index contributed by atoms with van der Waals surface area (Å²) in [6, 6.07) is 5.20. The average Bonchev–Trinajstić information content (AvgIpc) is 3.22. The molecular formula is C18H21N3O4. The highest BCUT2D eigenvalue weighted by molar-refractivity contribution is 6.06. The van der Waals surface area contributed by atoms with Gasteiger partial charge in [0.1, 0.15) is 5.69 Å². The number of fused-ring (bicyclic) bond motifs is 1. The summed E-state index contributed by atoms with van der Waals surface area (Å²) in [6.45, 7) is 6.27. The van der Waals surface area contributed by atoms with E-state index in [0.29, 0.717) is 46.8 Å². The summed E-state index contributed by atoms with van der Waals surface area (Å²) in [6.07, 6.45) is 2.15. The lowest BCUT2D eigenvalue weighted by Gasteiger charge is -2.23. The lowest BCUT2D eigenvalue weighted by molar-refractivity contribution is 0.0929. The standard InChI is InChI=1S/C18H21N3O4/c1-11-15-12(16(23)19-10-18(2,3)6-7-22)9-13(14-5-4-8-24-14)20-17(15)25-21-11/h4-5,8-9,22H,6-7,10H2,1-3H3,(H,19,23). The molecular weight excluding hydrogens is 322 g/mol. The van der Waals surface area contributed by atoms with Crippen LogP contribution in [0.1, 0.15) is 36.3 Å². The topological polar surface area (TPSA) is 101 Å². The van der Waals surface area contributed by atoms with Crippen molar-refractivity contribution in [2.75, 3.05) is 13.2 Å². The van der Waals surface area contributed by atoms with E-state index < -0.39 is 0 Å². The summed E-state index contributed by atoms with van der Waals surface area (Å²) < 4.78 is 10.6. The first-order valence-corrected chi connectivity index (χ1v) is 8.11. The van der Waals surface area contributed by atoms with Crippen molar-refractivity contribution in [1.29, 1.82) is 0 Å². The fourth-order valence-corrected chi connectivity index (χ4v) is 2.63. The van der Waals surface area contributed by atoms with Crippen LogP contribution in [0.5, 0.6) is 0 Å². The van der Waals surface area contributed by atoms with Gasteiger partial charge in [-0.25, -0.2) is 4.98 Å². The van der Waals surface area contributed by atoms with Gasteiger partial charge in [0.05, 0.1) is 22.9 Å². The second-order valence-electron chi connectivity index (χ2n) is 6.80. The molecule has 25 heavy (non-hydrogen) atoms. The van der Waals surface area contributed by atoms with Gasteiger partial charge in [0.15, 0.2) is 5.76 Å². The number of hydrogen-bond acceptors (Lipinski definition) is 6. The van der Waals surface area contributed by atoms with Crippen molar-refractivity contribution in [3.05, 3.63) is 35.7 Å². The van der Waals surface area contributed by atoms with Crippen molar-refractivity contribution >= 4 is 17.0 Å². The number of nitrogens with one attached hydrogen (secondary N) is 1. The molecule has 0 unspecified atom stereocenters. The molecule has 0 fully saturated rings. The lowest BCUT2D eigenvalue weighted by atomic mass is 9.89. The number of hydrogen-bond donors (Lipinski definition) is 2. The predicted molar refractivity (Wildman–Crippen MR) is 92.1 cm³/mol. The van der Waals surface area contributed by atoms with Gasteiger partial charge in [0.25, 0.3) is 11.6 Å². The van der Waals surface area contributed by atoms with E-state index in [0.717, 1.165) is 0 Å². The van der Waals surface area contributed by atoms with Crippen molar-refractivity contribution in [1.82, 2.24) is 15.5 Å². The van der Waals surface area contributed by atoms with Crippen molar-refractivity contribution in [3.8, 4) is 11.5 Å². The zero-order chi connectivity index (χ0) is 18.0. The van der Waals surface area contributed by atoms with E-state index in [-0.39, 0.29) is 17.9 Å². The van der Waals surface area contributed by atoms with Gasteiger partial charge in [-0.05, 0) is 37.0 Å². The second-order valence-corrected chi connectivity index (χ2v) is 6.80. The quantitative estimate of drug-likeness (QED) is 0.713. The van der Waals surface area contributed by atoms with Gasteiger partial charge in [0.2, 0.25) is 0 Å². The number of furan rings is 1. The number of aliphatic hydroxyl groups excluding tert-OH is 1. The Morgan fingerprint density at radius 1 is 1.40 bits per heavy atom. The Balaban J connectivity index is 1.96. The van der Waals surface area contributed by atoms with Crippen LogP contribution < -0.4 is 5.32 Å². The van der Waals surface area contributed by atoms with Crippen LogP contribution in [-0.2, 0) is 0 Å². The number of aliphatic hydroxyl groups is 1. The van der Waals surface area contributed by atoms with E-state index in [2.05, 4.69) is 15.5 Å². The first-order chi connectivity index (χ1) is 11.9. The maximum absolute atomic E-state index is 12.8. The highest BCUT2D eigenvalue weighted by Gasteiger charge is 2.23. The van der Waals surface area contributed by atoms with Crippen molar-refractivity contribution in [2.24, 2.45) is 5.41 Å². The molecule has 0 saturated heterocycles. The van der Waals surface area contributed by atoms with Crippen LogP contribution in [0.3, 0.4) is 0 Å². The Hall–Kier alpha value is -2.67. The molecule has 0 bridgehead atoms. The Kier molecular flexibility index (Phi) is 4.59. The summed E-state index contributed by atoms with van der Waals surface area (Å²) in [7, 11) is 0. The number of carbonyl (C=O) groups is 1. The molecule has 0 aliphatic heterocycles. The van der Waals surface area contributed by atoms with Crippen LogP contribution in [0.4, 0.5) is 0 Å². The van der Waals surface area contributed by atoms with Crippen LogP contribution in [0.2, 0.25) is 0 Å². The molecule has 132 valence electrons. The summed E-state index contributed by atoms with van der Waals surface area (Å²) in [5.74, 6) is 0.308. The summed E-state index contributed by atoms with van der Waals surface area (Å²) in [5.41, 5.74) is 1.65. The van der Waals surface area contributed by atoms with Crippen LogP contribution in [0.25, 0.3) is 22.6 Å². The first-order valence-electron chi connectivity index (χ1n) is 8.11. The summed E-state index contributed by atoms with van der Waals surface area (Å²) in [4.78, 5) is 17.2. The molecule has 7 nitrogen and oxygen atoms in total. The van der Waals surface area contributed by atoms with Gasteiger partial charge in [-0.2, -0.15) is 0 Å². The Morgan fingerprint density at radius 3 is 2.88 bits per heavy atom. The summed E-state index contributed by atoms with van der Waals surface area (Å²) in [5, 5.41) is 16.6. The maximum atomic E-state index is 12.8. The van der Waals surface area contributed by atoms with Crippen LogP contribution in [-0.4, -0.2) is 34.3 Å². The number of nitrogens with zero attached hydrogens (tertiary/aromatic N) is 2. The normalized spacial score (nSPS) is 11.8. The van der Waals surface area contributed by atoms with Crippen LogP contribution in [0.15, 0.2) is 33.4 Å². The largest absolute Gasteiger partial charge is 0.463 e. The molecule has 0 saturated carbocycles. The molecule has 3 rings (SSSR count). The Bertz CT molecular complexity index is 881. The third-order valence-corrected chi connectivity index (χ3v) is 4.15. The molecule has 3 aromatic rings. The van der Waals surface area contributed by atoms with E-state index in [1.807, 2.05) is 13.8 Å². The van der Waals surface area contributed by atoms with Crippen molar-refractivity contribution in [3.63, 3.8) is 0 Å². The first kappa shape index (κ1) is 17.2. The smallest absolute Gasteiger partial charge is 0.259 e. The molecule has 0 radical (unpaired) electrons. The Morgan fingerprint density at radius 2 is 2.20 bits per heavy atom. The minimum Gasteiger partial charge on any atom is -0.463 e. The SMILES string of the molecule is Cc1noc2nc(-c3ccco3)cc(C(=O)NCC(C)(C)CCO)c12. The fraction of sp³-hybridized carbons (Fsp3) is 0.389. The molecule has 3 heterocycles. The van der Waals surface area contributed by atoms with E-state index in [9.17, 15) is 4.79 Å². The van der Waals surface area contributed by atoms with Crippen molar-refractivity contribution < 1.29 is 18.8 Å². The molecule has 3 aromatic heterocycles. The molecule has 1 amide bonds. The average molecular weight is 343 g/mol. The number of aryl methyl sites for hydroxylation is 1. The van der Waals surface area contributed by atoms with E-state index in [1.165, 1.54) is 0 Å². The molecule has 0 aromatic carbocycles. The third-order valence-electron chi connectivity index (χ3n) is 4.15. The minimum atomic E-state index is -0.238. The molecule has 7 heteroatoms. The predicted octanol–water partition coefficient (Wildman–Crippen LogP) is 2.93. The third kappa shape index (κ3) is 3.56. The number of pyridine rings is 1. The highest BCUT2D eigenvalue weighted by Crippen LogP contribution is 2.27. The van der Waals surface area contributed by atoms with Gasteiger partial charge in [-0.3, -0.25) is 4.79 Å². The van der Waals surface area contributed by atoms with E-state index >= 15 is 0 Å². The maximum Gasteiger partial charge on any atom is 0.259 e. The van der Waals surface area contributed by atoms with E-state index in [4.69, 9.17) is 14.0 Å². The van der Waals surface area contributed by atoms with E-state index in [1.54, 1.807) is 31.4 Å². The second kappa shape index (κ2) is 6.68. The molecule has 0 atom stereocenters. The number of amides is 1. The van der Waals surface area contributed by atoms with Gasteiger partial charge >= 0.3 is 0 Å². The monoisotopic (exact) mass is 343 g/mol. The number of aromatic nitrogens is 2. The minimum absolute atomic E-state index is 0.0791. The van der Waals surface area contributed by atoms with Gasteiger partial charge in [0, 0.05) is 13.2 Å². The zero-order valence-electron chi connectivity index (χ0n) is 14.5.